The Hall–Kier alpha value is -0.870. The quantitative estimate of drug-likeness (QED) is 0.811. The van der Waals surface area contributed by atoms with Gasteiger partial charge >= 0.3 is 0 Å². The molecular formula is C12H21N3O. The molecule has 0 aliphatic carbocycles. The number of imidazole rings is 1. The first kappa shape index (κ1) is 11.6. The Kier molecular flexibility index (Phi) is 3.04. The number of aromatic nitrogens is 2. The van der Waals surface area contributed by atoms with Crippen molar-refractivity contribution in [2.45, 2.75) is 32.9 Å². The van der Waals surface area contributed by atoms with Gasteiger partial charge in [0, 0.05) is 31.5 Å². The fourth-order valence-electron chi connectivity index (χ4n) is 2.61. The fraction of sp³-hybridized carbons (Fsp3) is 0.750. The van der Waals surface area contributed by atoms with E-state index >= 15 is 0 Å². The lowest BCUT2D eigenvalue weighted by Gasteiger charge is -2.31. The summed E-state index contributed by atoms with van der Waals surface area (Å²) in [6, 6.07) is 0. The maximum absolute atomic E-state index is 10.6. The van der Waals surface area contributed by atoms with Crippen molar-refractivity contribution < 1.29 is 5.11 Å². The molecule has 2 heterocycles. The molecule has 1 aliphatic heterocycles. The van der Waals surface area contributed by atoms with Crippen LogP contribution in [0.4, 0.5) is 0 Å². The van der Waals surface area contributed by atoms with Crippen LogP contribution in [0.25, 0.3) is 0 Å². The molecule has 0 unspecified atom stereocenters. The normalized spacial score (nSPS) is 31.4. The van der Waals surface area contributed by atoms with E-state index in [9.17, 15) is 5.11 Å². The maximum Gasteiger partial charge on any atom is 0.0922 e. The average Bonchev–Trinajstić information content (AvgIpc) is 2.77. The van der Waals surface area contributed by atoms with Crippen molar-refractivity contribution in [3.8, 4) is 0 Å². The van der Waals surface area contributed by atoms with Gasteiger partial charge in [-0.05, 0) is 11.8 Å². The first-order chi connectivity index (χ1) is 7.52. The molecule has 0 saturated carbocycles. The number of rotatable bonds is 3. The molecule has 90 valence electrons. The number of β-amino-alcohol motifs (C(OH)–C–C–N with tert-alkyl or cyclic N) is 1. The van der Waals surface area contributed by atoms with E-state index in [4.69, 9.17) is 0 Å². The second kappa shape index (κ2) is 4.18. The lowest BCUT2D eigenvalue weighted by atomic mass is 9.82. The molecule has 0 radical (unpaired) electrons. The van der Waals surface area contributed by atoms with Crippen molar-refractivity contribution in [2.24, 2.45) is 11.8 Å². The van der Waals surface area contributed by atoms with Crippen molar-refractivity contribution in [3.63, 3.8) is 0 Å². The summed E-state index contributed by atoms with van der Waals surface area (Å²) in [7, 11) is 0. The standard InChI is InChI=1S/C12H21N3O/c1-9(2)12(16)7-15(5-10(12)3)6-11-4-13-8-14-11/h4,8-10,16H,5-7H2,1-3H3,(H,13,14)/t10-,12-/m0/s1. The summed E-state index contributed by atoms with van der Waals surface area (Å²) in [5, 5.41) is 10.6. The van der Waals surface area contributed by atoms with Gasteiger partial charge in [-0.15, -0.1) is 0 Å². The minimum absolute atomic E-state index is 0.300. The van der Waals surface area contributed by atoms with Gasteiger partial charge in [-0.2, -0.15) is 0 Å². The average molecular weight is 223 g/mol. The first-order valence-corrected chi connectivity index (χ1v) is 5.94. The number of nitrogens with zero attached hydrogens (tertiary/aromatic N) is 2. The molecule has 2 rings (SSSR count). The molecule has 1 aromatic rings. The van der Waals surface area contributed by atoms with Crippen molar-refractivity contribution in [1.29, 1.82) is 0 Å². The molecule has 4 nitrogen and oxygen atoms in total. The summed E-state index contributed by atoms with van der Waals surface area (Å²) in [4.78, 5) is 9.40. The molecule has 0 spiro atoms. The van der Waals surface area contributed by atoms with E-state index in [1.54, 1.807) is 6.33 Å². The van der Waals surface area contributed by atoms with E-state index in [1.165, 1.54) is 0 Å². The van der Waals surface area contributed by atoms with E-state index in [2.05, 4.69) is 35.6 Å². The lowest BCUT2D eigenvalue weighted by Crippen LogP contribution is -2.42. The molecule has 1 fully saturated rings. The van der Waals surface area contributed by atoms with Crippen LogP contribution in [0, 0.1) is 11.8 Å². The molecule has 1 aromatic heterocycles. The van der Waals surface area contributed by atoms with Crippen LogP contribution in [0.15, 0.2) is 12.5 Å². The SMILES string of the molecule is CC(C)[C@@]1(O)CN(Cc2cnc[nH]2)C[C@@H]1C. The zero-order valence-electron chi connectivity index (χ0n) is 10.3. The number of aliphatic hydroxyl groups is 1. The van der Waals surface area contributed by atoms with Crippen LogP contribution in [-0.4, -0.2) is 38.7 Å². The number of hydrogen-bond donors (Lipinski definition) is 2. The molecule has 16 heavy (non-hydrogen) atoms. The van der Waals surface area contributed by atoms with Gasteiger partial charge in [0.2, 0.25) is 0 Å². The van der Waals surface area contributed by atoms with Crippen molar-refractivity contribution in [2.75, 3.05) is 13.1 Å². The maximum atomic E-state index is 10.6. The Bertz CT molecular complexity index is 336. The highest BCUT2D eigenvalue weighted by Crippen LogP contribution is 2.34. The molecule has 0 bridgehead atoms. The number of nitrogens with one attached hydrogen (secondary N) is 1. The molecule has 4 heteroatoms. The predicted molar refractivity (Wildman–Crippen MR) is 62.8 cm³/mol. The number of likely N-dealkylation sites (tertiary alicyclic amines) is 1. The van der Waals surface area contributed by atoms with Crippen molar-refractivity contribution >= 4 is 0 Å². The minimum atomic E-state index is -0.542. The van der Waals surface area contributed by atoms with E-state index in [0.717, 1.165) is 25.3 Å². The van der Waals surface area contributed by atoms with Gasteiger partial charge in [0.1, 0.15) is 0 Å². The molecule has 1 aliphatic rings. The third kappa shape index (κ3) is 1.99. The first-order valence-electron chi connectivity index (χ1n) is 5.94. The zero-order valence-corrected chi connectivity index (χ0v) is 10.3. The smallest absolute Gasteiger partial charge is 0.0922 e. The number of H-pyrrole nitrogens is 1. The summed E-state index contributed by atoms with van der Waals surface area (Å²) in [5.74, 6) is 0.629. The lowest BCUT2D eigenvalue weighted by molar-refractivity contribution is -0.0255. The third-order valence-electron chi connectivity index (χ3n) is 3.81. The van der Waals surface area contributed by atoms with Crippen LogP contribution < -0.4 is 0 Å². The Morgan fingerprint density at radius 2 is 2.44 bits per heavy atom. The second-order valence-corrected chi connectivity index (χ2v) is 5.29. The van der Waals surface area contributed by atoms with E-state index in [1.807, 2.05) is 6.20 Å². The van der Waals surface area contributed by atoms with E-state index in [0.29, 0.717) is 11.8 Å². The highest BCUT2D eigenvalue weighted by atomic mass is 16.3. The molecular weight excluding hydrogens is 202 g/mol. The van der Waals surface area contributed by atoms with Crippen LogP contribution in [0.3, 0.4) is 0 Å². The van der Waals surface area contributed by atoms with Gasteiger partial charge in [-0.25, -0.2) is 4.98 Å². The summed E-state index contributed by atoms with van der Waals surface area (Å²) in [6.07, 6.45) is 3.54. The largest absolute Gasteiger partial charge is 0.388 e. The van der Waals surface area contributed by atoms with Gasteiger partial charge in [0.25, 0.3) is 0 Å². The fourth-order valence-corrected chi connectivity index (χ4v) is 2.61. The Labute approximate surface area is 96.7 Å². The van der Waals surface area contributed by atoms with Gasteiger partial charge in [-0.3, -0.25) is 4.90 Å². The zero-order chi connectivity index (χ0) is 11.8. The highest BCUT2D eigenvalue weighted by Gasteiger charge is 2.44. The van der Waals surface area contributed by atoms with Gasteiger partial charge in [0.05, 0.1) is 11.9 Å². The van der Waals surface area contributed by atoms with E-state index < -0.39 is 5.60 Å². The monoisotopic (exact) mass is 223 g/mol. The number of hydrogen-bond acceptors (Lipinski definition) is 3. The summed E-state index contributed by atoms with van der Waals surface area (Å²) in [6.45, 7) is 8.87. The Morgan fingerprint density at radius 3 is 2.94 bits per heavy atom. The minimum Gasteiger partial charge on any atom is -0.388 e. The second-order valence-electron chi connectivity index (χ2n) is 5.29. The van der Waals surface area contributed by atoms with Crippen LogP contribution >= 0.6 is 0 Å². The molecule has 0 amide bonds. The van der Waals surface area contributed by atoms with Gasteiger partial charge in [0.15, 0.2) is 0 Å². The van der Waals surface area contributed by atoms with E-state index in [-0.39, 0.29) is 0 Å². The predicted octanol–water partition coefficient (Wildman–Crippen LogP) is 1.25. The molecule has 1 saturated heterocycles. The summed E-state index contributed by atoms with van der Waals surface area (Å²) < 4.78 is 0. The molecule has 0 aromatic carbocycles. The van der Waals surface area contributed by atoms with Crippen molar-refractivity contribution in [1.82, 2.24) is 14.9 Å². The summed E-state index contributed by atoms with van der Waals surface area (Å²) >= 11 is 0. The highest BCUT2D eigenvalue weighted by molar-refractivity contribution is 5.01. The number of aromatic amines is 1. The third-order valence-corrected chi connectivity index (χ3v) is 3.81. The van der Waals surface area contributed by atoms with Crippen LogP contribution in [0.2, 0.25) is 0 Å². The van der Waals surface area contributed by atoms with Gasteiger partial charge in [-0.1, -0.05) is 20.8 Å². The Balaban J connectivity index is 2.01. The Morgan fingerprint density at radius 1 is 1.69 bits per heavy atom. The van der Waals surface area contributed by atoms with Gasteiger partial charge < -0.3 is 10.1 Å². The summed E-state index contributed by atoms with van der Waals surface area (Å²) in [5.41, 5.74) is 0.570. The topological polar surface area (TPSA) is 52.1 Å². The van der Waals surface area contributed by atoms with Crippen LogP contribution in [-0.2, 0) is 6.54 Å². The molecule has 2 N–H and O–H groups in total. The van der Waals surface area contributed by atoms with Crippen molar-refractivity contribution in [3.05, 3.63) is 18.2 Å². The van der Waals surface area contributed by atoms with Crippen LogP contribution in [0.1, 0.15) is 26.5 Å². The van der Waals surface area contributed by atoms with Crippen LogP contribution in [0.5, 0.6) is 0 Å². The molecule has 2 atom stereocenters.